The van der Waals surface area contributed by atoms with E-state index in [1.54, 1.807) is 6.20 Å². The first kappa shape index (κ1) is 11.4. The molecule has 0 spiro atoms. The minimum absolute atomic E-state index is 0.274. The molecule has 2 nitrogen and oxygen atoms in total. The van der Waals surface area contributed by atoms with Crippen LogP contribution in [0.15, 0.2) is 53.7 Å². The second-order valence-corrected chi connectivity index (χ2v) is 5.10. The number of pyridine rings is 1. The highest BCUT2D eigenvalue weighted by molar-refractivity contribution is 6.67. The molecule has 2 heterocycles. The van der Waals surface area contributed by atoms with Gasteiger partial charge in [-0.05, 0) is 24.6 Å². The van der Waals surface area contributed by atoms with Gasteiger partial charge >= 0.3 is 0 Å². The molecule has 3 rings (SSSR count). The van der Waals surface area contributed by atoms with Gasteiger partial charge in [-0.1, -0.05) is 41.9 Å². The topological polar surface area (TPSA) is 25.2 Å². The van der Waals surface area contributed by atoms with Gasteiger partial charge in [-0.25, -0.2) is 4.99 Å². The Morgan fingerprint density at radius 1 is 1.11 bits per heavy atom. The third kappa shape index (κ3) is 1.73. The molecule has 0 radical (unpaired) electrons. The third-order valence-corrected chi connectivity index (χ3v) is 3.97. The molecule has 0 N–H and O–H groups in total. The Balaban J connectivity index is 2.12. The minimum atomic E-state index is -0.274. The SMILES string of the molecule is CC1(c2ccccc2)Cc2ncccc2N=C1Cl. The Hall–Kier alpha value is -1.67. The van der Waals surface area contributed by atoms with E-state index in [0.717, 1.165) is 17.8 Å². The molecule has 0 fully saturated rings. The minimum Gasteiger partial charge on any atom is -0.259 e. The number of aliphatic imine (C=N–C) groups is 1. The van der Waals surface area contributed by atoms with E-state index in [1.165, 1.54) is 5.56 Å². The van der Waals surface area contributed by atoms with Crippen molar-refractivity contribution in [1.29, 1.82) is 0 Å². The summed E-state index contributed by atoms with van der Waals surface area (Å²) in [6.07, 6.45) is 2.59. The first-order chi connectivity index (χ1) is 8.70. The van der Waals surface area contributed by atoms with E-state index in [0.29, 0.717) is 5.17 Å². The molecule has 1 aliphatic heterocycles. The van der Waals surface area contributed by atoms with Crippen molar-refractivity contribution in [1.82, 2.24) is 4.98 Å². The fraction of sp³-hybridized carbons (Fsp3) is 0.200. The summed E-state index contributed by atoms with van der Waals surface area (Å²) < 4.78 is 0. The van der Waals surface area contributed by atoms with Crippen molar-refractivity contribution in [3.05, 3.63) is 59.9 Å². The maximum Gasteiger partial charge on any atom is 0.117 e. The highest BCUT2D eigenvalue weighted by Gasteiger charge is 2.36. The van der Waals surface area contributed by atoms with Gasteiger partial charge in [0.25, 0.3) is 0 Å². The molecule has 0 aliphatic carbocycles. The van der Waals surface area contributed by atoms with E-state index in [9.17, 15) is 0 Å². The number of hydrogen-bond donors (Lipinski definition) is 0. The van der Waals surface area contributed by atoms with Crippen molar-refractivity contribution in [3.8, 4) is 0 Å². The van der Waals surface area contributed by atoms with Gasteiger partial charge in [-0.3, -0.25) is 4.98 Å². The molecule has 18 heavy (non-hydrogen) atoms. The van der Waals surface area contributed by atoms with Crippen molar-refractivity contribution in [2.45, 2.75) is 18.8 Å². The second kappa shape index (κ2) is 4.21. The Morgan fingerprint density at radius 2 is 1.89 bits per heavy atom. The summed E-state index contributed by atoms with van der Waals surface area (Å²) >= 11 is 6.41. The van der Waals surface area contributed by atoms with Gasteiger partial charge in [-0.2, -0.15) is 0 Å². The molecule has 3 heteroatoms. The highest BCUT2D eigenvalue weighted by Crippen LogP contribution is 2.38. The summed E-state index contributed by atoms with van der Waals surface area (Å²) in [6.45, 7) is 2.12. The molecule has 1 aromatic carbocycles. The highest BCUT2D eigenvalue weighted by atomic mass is 35.5. The average molecular weight is 257 g/mol. The van der Waals surface area contributed by atoms with Crippen molar-refractivity contribution in [2.24, 2.45) is 4.99 Å². The largest absolute Gasteiger partial charge is 0.259 e. The van der Waals surface area contributed by atoms with Gasteiger partial charge in [0.15, 0.2) is 0 Å². The molecule has 0 bridgehead atoms. The van der Waals surface area contributed by atoms with Crippen molar-refractivity contribution in [2.75, 3.05) is 0 Å². The van der Waals surface area contributed by atoms with Crippen LogP contribution in [0.1, 0.15) is 18.2 Å². The van der Waals surface area contributed by atoms with Crippen molar-refractivity contribution in [3.63, 3.8) is 0 Å². The summed E-state index contributed by atoms with van der Waals surface area (Å²) in [7, 11) is 0. The van der Waals surface area contributed by atoms with Gasteiger partial charge in [0.1, 0.15) is 5.17 Å². The maximum atomic E-state index is 6.41. The van der Waals surface area contributed by atoms with Gasteiger partial charge < -0.3 is 0 Å². The average Bonchev–Trinajstić information content (AvgIpc) is 2.41. The van der Waals surface area contributed by atoms with Crippen LogP contribution in [0.4, 0.5) is 5.69 Å². The molecule has 0 saturated carbocycles. The standard InChI is InChI=1S/C15H13ClN2/c1-15(11-6-3-2-4-7-11)10-13-12(18-14(15)16)8-5-9-17-13/h2-9H,10H2,1H3. The molecular weight excluding hydrogens is 244 g/mol. The number of hydrogen-bond acceptors (Lipinski definition) is 2. The van der Waals surface area contributed by atoms with Gasteiger partial charge in [-0.15, -0.1) is 0 Å². The summed E-state index contributed by atoms with van der Waals surface area (Å²) in [6, 6.07) is 14.1. The number of halogens is 1. The fourth-order valence-corrected chi connectivity index (χ4v) is 2.60. The lowest BCUT2D eigenvalue weighted by atomic mass is 9.77. The van der Waals surface area contributed by atoms with Crippen LogP contribution in [0, 0.1) is 0 Å². The van der Waals surface area contributed by atoms with Crippen LogP contribution >= 0.6 is 11.6 Å². The van der Waals surface area contributed by atoms with Gasteiger partial charge in [0.05, 0.1) is 16.8 Å². The number of rotatable bonds is 1. The Labute approximate surface area is 111 Å². The van der Waals surface area contributed by atoms with E-state index in [4.69, 9.17) is 11.6 Å². The van der Waals surface area contributed by atoms with E-state index in [-0.39, 0.29) is 5.41 Å². The zero-order valence-corrected chi connectivity index (χ0v) is 10.9. The van der Waals surface area contributed by atoms with Crippen LogP contribution in [-0.2, 0) is 11.8 Å². The number of nitrogens with zero attached hydrogens (tertiary/aromatic N) is 2. The lowest BCUT2D eigenvalue weighted by Gasteiger charge is -2.32. The van der Waals surface area contributed by atoms with E-state index in [2.05, 4.69) is 29.0 Å². The van der Waals surface area contributed by atoms with Crippen LogP contribution in [0.2, 0.25) is 0 Å². The van der Waals surface area contributed by atoms with Crippen LogP contribution < -0.4 is 0 Å². The number of fused-ring (bicyclic) bond motifs is 1. The molecule has 1 atom stereocenters. The normalized spacial score (nSPS) is 22.2. The van der Waals surface area contributed by atoms with Crippen LogP contribution in [0.5, 0.6) is 0 Å². The summed E-state index contributed by atoms with van der Waals surface area (Å²) in [5.74, 6) is 0. The van der Waals surface area contributed by atoms with E-state index < -0.39 is 0 Å². The number of benzene rings is 1. The van der Waals surface area contributed by atoms with Crippen LogP contribution in [-0.4, -0.2) is 10.2 Å². The Morgan fingerprint density at radius 3 is 2.67 bits per heavy atom. The molecule has 1 unspecified atom stereocenters. The molecule has 0 amide bonds. The molecule has 90 valence electrons. The Bertz CT molecular complexity index is 607. The molecule has 2 aromatic rings. The molecule has 0 saturated heterocycles. The van der Waals surface area contributed by atoms with Crippen molar-refractivity contribution < 1.29 is 0 Å². The predicted octanol–water partition coefficient (Wildman–Crippen LogP) is 3.86. The third-order valence-electron chi connectivity index (χ3n) is 3.47. The predicted molar refractivity (Wildman–Crippen MR) is 74.7 cm³/mol. The first-order valence-electron chi connectivity index (χ1n) is 5.94. The quantitative estimate of drug-likeness (QED) is 0.761. The smallest absolute Gasteiger partial charge is 0.117 e. The summed E-state index contributed by atoms with van der Waals surface area (Å²) in [5, 5.41) is 0.634. The zero-order chi connectivity index (χ0) is 12.6. The van der Waals surface area contributed by atoms with E-state index >= 15 is 0 Å². The Kier molecular flexibility index (Phi) is 2.67. The van der Waals surface area contributed by atoms with Crippen LogP contribution in [0.25, 0.3) is 0 Å². The van der Waals surface area contributed by atoms with Crippen molar-refractivity contribution >= 4 is 22.5 Å². The van der Waals surface area contributed by atoms with Crippen LogP contribution in [0.3, 0.4) is 0 Å². The lowest BCUT2D eigenvalue weighted by Crippen LogP contribution is -2.34. The first-order valence-corrected chi connectivity index (χ1v) is 6.32. The maximum absolute atomic E-state index is 6.41. The fourth-order valence-electron chi connectivity index (χ4n) is 2.33. The van der Waals surface area contributed by atoms with E-state index in [1.807, 2.05) is 30.3 Å². The van der Waals surface area contributed by atoms with Gasteiger partial charge in [0, 0.05) is 12.6 Å². The molecule has 1 aromatic heterocycles. The molecule has 1 aliphatic rings. The number of aromatic nitrogens is 1. The monoisotopic (exact) mass is 256 g/mol. The summed E-state index contributed by atoms with van der Waals surface area (Å²) in [4.78, 5) is 8.90. The summed E-state index contributed by atoms with van der Waals surface area (Å²) in [5.41, 5.74) is 2.80. The second-order valence-electron chi connectivity index (χ2n) is 4.75. The van der Waals surface area contributed by atoms with Gasteiger partial charge in [0.2, 0.25) is 0 Å². The zero-order valence-electron chi connectivity index (χ0n) is 10.1. The lowest BCUT2D eigenvalue weighted by molar-refractivity contribution is 0.621. The molecular formula is C15H13ClN2.